The van der Waals surface area contributed by atoms with Gasteiger partial charge in [-0.25, -0.2) is 0 Å². The summed E-state index contributed by atoms with van der Waals surface area (Å²) in [5, 5.41) is 12.2. The summed E-state index contributed by atoms with van der Waals surface area (Å²) in [6.07, 6.45) is 3.15. The highest BCUT2D eigenvalue weighted by Gasteiger charge is 2.10. The van der Waals surface area contributed by atoms with Crippen molar-refractivity contribution in [2.75, 3.05) is 5.32 Å². The highest BCUT2D eigenvalue weighted by molar-refractivity contribution is 9.10. The Kier molecular flexibility index (Phi) is 4.45. The van der Waals surface area contributed by atoms with E-state index in [-0.39, 0.29) is 11.9 Å². The number of aromatic nitrogens is 2. The van der Waals surface area contributed by atoms with E-state index in [1.165, 1.54) is 6.08 Å². The van der Waals surface area contributed by atoms with Crippen molar-refractivity contribution < 1.29 is 9.21 Å². The van der Waals surface area contributed by atoms with Crippen LogP contribution in [0.4, 0.5) is 6.01 Å². The van der Waals surface area contributed by atoms with Gasteiger partial charge in [-0.15, -0.1) is 16.4 Å². The van der Waals surface area contributed by atoms with Gasteiger partial charge < -0.3 is 4.42 Å². The number of nitrogens with zero attached hydrogens (tertiary/aromatic N) is 2. The van der Waals surface area contributed by atoms with Gasteiger partial charge >= 0.3 is 6.01 Å². The summed E-state index contributed by atoms with van der Waals surface area (Å²) in [7, 11) is 0. The number of benzene rings is 1. The molecule has 0 aliphatic rings. The van der Waals surface area contributed by atoms with E-state index in [9.17, 15) is 4.79 Å². The molecular weight excluding hydrogens is 366 g/mol. The Bertz CT molecular complexity index is 812. The Hall–Kier alpha value is -2.25. The largest absolute Gasteiger partial charge is 0.403 e. The number of halogens is 1. The highest BCUT2D eigenvalue weighted by atomic mass is 79.9. The monoisotopic (exact) mass is 375 g/mol. The van der Waals surface area contributed by atoms with Crippen LogP contribution in [0.1, 0.15) is 4.88 Å². The Morgan fingerprint density at radius 3 is 2.95 bits per heavy atom. The van der Waals surface area contributed by atoms with Crippen LogP contribution in [0.15, 0.2) is 56.7 Å². The molecule has 3 aromatic rings. The minimum atomic E-state index is -0.321. The molecule has 110 valence electrons. The van der Waals surface area contributed by atoms with Crippen LogP contribution < -0.4 is 5.32 Å². The van der Waals surface area contributed by atoms with E-state index in [0.717, 1.165) is 14.9 Å². The lowest BCUT2D eigenvalue weighted by molar-refractivity contribution is -0.112. The summed E-state index contributed by atoms with van der Waals surface area (Å²) >= 11 is 4.93. The van der Waals surface area contributed by atoms with Crippen molar-refractivity contribution in [2.24, 2.45) is 0 Å². The zero-order chi connectivity index (χ0) is 15.4. The van der Waals surface area contributed by atoms with Crippen molar-refractivity contribution in [3.63, 3.8) is 0 Å². The molecule has 0 unspecified atom stereocenters. The number of hydrogen-bond donors (Lipinski definition) is 1. The van der Waals surface area contributed by atoms with Gasteiger partial charge in [0.25, 0.3) is 5.91 Å². The molecule has 0 spiro atoms. The predicted octanol–water partition coefficient (Wildman–Crippen LogP) is 4.21. The maximum absolute atomic E-state index is 11.8. The minimum absolute atomic E-state index is 0.0656. The zero-order valence-electron chi connectivity index (χ0n) is 11.2. The van der Waals surface area contributed by atoms with Crippen molar-refractivity contribution in [2.45, 2.75) is 0 Å². The van der Waals surface area contributed by atoms with E-state index in [1.807, 2.05) is 41.8 Å². The normalized spacial score (nSPS) is 11.0. The Labute approximate surface area is 138 Å². The van der Waals surface area contributed by atoms with Crippen LogP contribution in [0.3, 0.4) is 0 Å². The lowest BCUT2D eigenvalue weighted by Gasteiger charge is -1.96. The van der Waals surface area contributed by atoms with Crippen LogP contribution in [0, 0.1) is 0 Å². The molecule has 0 bridgehead atoms. The van der Waals surface area contributed by atoms with Crippen LogP contribution in [-0.2, 0) is 4.79 Å². The fraction of sp³-hybridized carbons (Fsp3) is 0. The van der Waals surface area contributed by atoms with E-state index in [4.69, 9.17) is 4.42 Å². The molecule has 0 atom stereocenters. The lowest BCUT2D eigenvalue weighted by atomic mass is 10.2. The molecule has 3 rings (SSSR count). The van der Waals surface area contributed by atoms with Crippen molar-refractivity contribution in [1.82, 2.24) is 10.2 Å². The fourth-order valence-electron chi connectivity index (χ4n) is 1.70. The topological polar surface area (TPSA) is 68.0 Å². The third-order valence-electron chi connectivity index (χ3n) is 2.67. The molecule has 0 radical (unpaired) electrons. The van der Waals surface area contributed by atoms with Crippen molar-refractivity contribution in [3.8, 4) is 11.5 Å². The molecule has 22 heavy (non-hydrogen) atoms. The van der Waals surface area contributed by atoms with Crippen molar-refractivity contribution >= 4 is 45.3 Å². The van der Waals surface area contributed by atoms with E-state index >= 15 is 0 Å². The Morgan fingerprint density at radius 2 is 2.18 bits per heavy atom. The van der Waals surface area contributed by atoms with Gasteiger partial charge in [0, 0.05) is 21.0 Å². The summed E-state index contributed by atoms with van der Waals surface area (Å²) in [6, 6.07) is 11.4. The molecule has 7 heteroatoms. The molecule has 1 aromatic carbocycles. The SMILES string of the molecule is O=C(/C=C/c1cccs1)Nc1nnc(-c2cccc(Br)c2)o1. The number of thiophene rings is 1. The predicted molar refractivity (Wildman–Crippen MR) is 89.4 cm³/mol. The molecule has 0 aliphatic heterocycles. The number of nitrogens with one attached hydrogen (secondary N) is 1. The third kappa shape index (κ3) is 3.69. The molecule has 2 heterocycles. The van der Waals surface area contributed by atoms with E-state index in [0.29, 0.717) is 5.89 Å². The second-order valence-corrected chi connectivity index (χ2v) is 6.16. The van der Waals surface area contributed by atoms with E-state index < -0.39 is 0 Å². The molecule has 0 saturated heterocycles. The van der Waals surface area contributed by atoms with Gasteiger partial charge in [0.15, 0.2) is 0 Å². The quantitative estimate of drug-likeness (QED) is 0.693. The molecule has 0 saturated carbocycles. The standard InChI is InChI=1S/C15H10BrN3O2S/c16-11-4-1-3-10(9-11)14-18-19-15(21-14)17-13(20)7-6-12-5-2-8-22-12/h1-9H,(H,17,19,20)/b7-6+. The third-order valence-corrected chi connectivity index (χ3v) is 4.00. The van der Waals surface area contributed by atoms with Gasteiger partial charge in [-0.1, -0.05) is 33.2 Å². The number of rotatable bonds is 4. The summed E-state index contributed by atoms with van der Waals surface area (Å²) in [5.41, 5.74) is 0.775. The number of carbonyl (C=O) groups is 1. The minimum Gasteiger partial charge on any atom is -0.403 e. The second kappa shape index (κ2) is 6.67. The molecular formula is C15H10BrN3O2S. The molecule has 1 N–H and O–H groups in total. The first-order chi connectivity index (χ1) is 10.7. The number of amides is 1. The zero-order valence-corrected chi connectivity index (χ0v) is 13.6. The number of hydrogen-bond acceptors (Lipinski definition) is 5. The van der Waals surface area contributed by atoms with E-state index in [1.54, 1.807) is 17.4 Å². The first kappa shape index (κ1) is 14.7. The first-order valence-corrected chi connectivity index (χ1v) is 8.00. The van der Waals surface area contributed by atoms with Gasteiger partial charge in [0.1, 0.15) is 0 Å². The van der Waals surface area contributed by atoms with Crippen molar-refractivity contribution in [3.05, 3.63) is 57.2 Å². The highest BCUT2D eigenvalue weighted by Crippen LogP contribution is 2.23. The Morgan fingerprint density at radius 1 is 1.27 bits per heavy atom. The average molecular weight is 376 g/mol. The van der Waals surface area contributed by atoms with Crippen LogP contribution in [0.5, 0.6) is 0 Å². The van der Waals surface area contributed by atoms with Crippen LogP contribution in [-0.4, -0.2) is 16.1 Å². The van der Waals surface area contributed by atoms with Crippen LogP contribution in [0.25, 0.3) is 17.5 Å². The van der Waals surface area contributed by atoms with Crippen molar-refractivity contribution in [1.29, 1.82) is 0 Å². The first-order valence-electron chi connectivity index (χ1n) is 6.33. The van der Waals surface area contributed by atoms with Crippen LogP contribution in [0.2, 0.25) is 0 Å². The molecule has 2 aromatic heterocycles. The number of anilines is 1. The average Bonchev–Trinajstić information content (AvgIpc) is 3.16. The second-order valence-electron chi connectivity index (χ2n) is 4.26. The van der Waals surface area contributed by atoms with Gasteiger partial charge in [-0.3, -0.25) is 10.1 Å². The van der Waals surface area contributed by atoms with E-state index in [2.05, 4.69) is 31.4 Å². The fourth-order valence-corrected chi connectivity index (χ4v) is 2.72. The summed E-state index contributed by atoms with van der Waals surface area (Å²) in [5.74, 6) is 0.0247. The van der Waals surface area contributed by atoms with Gasteiger partial charge in [0.05, 0.1) is 0 Å². The molecule has 0 aliphatic carbocycles. The maximum atomic E-state index is 11.8. The molecule has 5 nitrogen and oxygen atoms in total. The molecule has 0 fully saturated rings. The van der Waals surface area contributed by atoms with Gasteiger partial charge in [-0.05, 0) is 35.7 Å². The van der Waals surface area contributed by atoms with Gasteiger partial charge in [0.2, 0.25) is 5.89 Å². The van der Waals surface area contributed by atoms with Crippen LogP contribution >= 0.6 is 27.3 Å². The molecule has 1 amide bonds. The van der Waals surface area contributed by atoms with Gasteiger partial charge in [-0.2, -0.15) is 0 Å². The smallest absolute Gasteiger partial charge is 0.322 e. The summed E-state index contributed by atoms with van der Waals surface area (Å²) in [4.78, 5) is 12.8. The number of carbonyl (C=O) groups excluding carboxylic acids is 1. The Balaban J connectivity index is 1.68. The lowest BCUT2D eigenvalue weighted by Crippen LogP contribution is -2.07. The maximum Gasteiger partial charge on any atom is 0.322 e. The summed E-state index contributed by atoms with van der Waals surface area (Å²) in [6.45, 7) is 0. The summed E-state index contributed by atoms with van der Waals surface area (Å²) < 4.78 is 6.34.